The summed E-state index contributed by atoms with van der Waals surface area (Å²) in [6.45, 7) is 0. The maximum Gasteiger partial charge on any atom is -0.00199 e. The van der Waals surface area contributed by atoms with Crippen LogP contribution in [0.15, 0.2) is 194 Å². The van der Waals surface area contributed by atoms with Crippen LogP contribution in [0.25, 0.3) is 98.4 Å². The minimum atomic E-state index is 1.22. The summed E-state index contributed by atoms with van der Waals surface area (Å²) in [4.78, 5) is 0. The Bertz CT molecular complexity index is 2900. The van der Waals surface area contributed by atoms with Crippen LogP contribution in [0, 0.1) is 0 Å². The highest BCUT2D eigenvalue weighted by Crippen LogP contribution is 2.48. The van der Waals surface area contributed by atoms with Gasteiger partial charge in [0.2, 0.25) is 0 Å². The zero-order valence-electron chi connectivity index (χ0n) is 27.5. The van der Waals surface area contributed by atoms with E-state index in [0.717, 1.165) is 0 Å². The van der Waals surface area contributed by atoms with E-state index in [0.29, 0.717) is 0 Å². The SMILES string of the molecule is c1ccc(-c2ccc3c(-c4cccc5ccccc45)c4cc(-c5ccc6ccccc6c5)ccc4c(-c4cccc5ccccc45)c3c2)cc1. The van der Waals surface area contributed by atoms with Crippen molar-refractivity contribution in [3.05, 3.63) is 194 Å². The molecule has 0 saturated heterocycles. The van der Waals surface area contributed by atoms with Gasteiger partial charge in [0.1, 0.15) is 0 Å². The second-order valence-corrected chi connectivity index (χ2v) is 13.3. The van der Waals surface area contributed by atoms with Crippen LogP contribution in [0.5, 0.6) is 0 Å². The van der Waals surface area contributed by atoms with Crippen LogP contribution in [0.1, 0.15) is 0 Å². The quantitative estimate of drug-likeness (QED) is 0.169. The smallest absolute Gasteiger partial charge is 0.00199 e. The molecule has 10 rings (SSSR count). The molecule has 0 heterocycles. The van der Waals surface area contributed by atoms with E-state index in [1.807, 2.05) is 0 Å². The summed E-state index contributed by atoms with van der Waals surface area (Å²) < 4.78 is 0. The fourth-order valence-corrected chi connectivity index (χ4v) is 8.05. The summed E-state index contributed by atoms with van der Waals surface area (Å²) in [5, 5.41) is 12.6. The molecule has 232 valence electrons. The summed E-state index contributed by atoms with van der Waals surface area (Å²) in [5.41, 5.74) is 9.94. The van der Waals surface area contributed by atoms with E-state index < -0.39 is 0 Å². The third-order valence-corrected chi connectivity index (χ3v) is 10.4. The summed E-state index contributed by atoms with van der Waals surface area (Å²) in [6.07, 6.45) is 0. The van der Waals surface area contributed by atoms with Gasteiger partial charge in [-0.1, -0.05) is 176 Å². The van der Waals surface area contributed by atoms with Crippen molar-refractivity contribution in [1.29, 1.82) is 0 Å². The lowest BCUT2D eigenvalue weighted by atomic mass is 9.82. The average Bonchev–Trinajstić information content (AvgIpc) is 3.19. The third kappa shape index (κ3) is 4.61. The van der Waals surface area contributed by atoms with Gasteiger partial charge in [0.25, 0.3) is 0 Å². The topological polar surface area (TPSA) is 0 Å². The molecule has 0 aliphatic carbocycles. The number of benzene rings is 10. The van der Waals surface area contributed by atoms with Crippen molar-refractivity contribution >= 4 is 53.9 Å². The molecule has 0 radical (unpaired) electrons. The average molecular weight is 633 g/mol. The minimum Gasteiger partial charge on any atom is -0.0622 e. The highest BCUT2D eigenvalue weighted by molar-refractivity contribution is 6.26. The maximum absolute atomic E-state index is 2.44. The first-order chi connectivity index (χ1) is 24.8. The molecular formula is C50H32. The lowest BCUT2D eigenvalue weighted by Crippen LogP contribution is -1.94. The van der Waals surface area contributed by atoms with Crippen molar-refractivity contribution < 1.29 is 0 Å². The highest BCUT2D eigenvalue weighted by atomic mass is 14.2. The lowest BCUT2D eigenvalue weighted by molar-refractivity contribution is 1.63. The summed E-state index contributed by atoms with van der Waals surface area (Å²) in [7, 11) is 0. The summed E-state index contributed by atoms with van der Waals surface area (Å²) in [5.74, 6) is 0. The zero-order valence-corrected chi connectivity index (χ0v) is 27.5. The maximum atomic E-state index is 2.44. The number of hydrogen-bond acceptors (Lipinski definition) is 0. The molecule has 0 unspecified atom stereocenters. The van der Waals surface area contributed by atoms with Crippen LogP contribution >= 0.6 is 0 Å². The van der Waals surface area contributed by atoms with E-state index in [-0.39, 0.29) is 0 Å². The van der Waals surface area contributed by atoms with Crippen molar-refractivity contribution in [2.75, 3.05) is 0 Å². The second-order valence-electron chi connectivity index (χ2n) is 13.3. The molecule has 0 fully saturated rings. The van der Waals surface area contributed by atoms with Gasteiger partial charge in [-0.05, 0) is 117 Å². The Morgan fingerprint density at radius 1 is 0.200 bits per heavy atom. The molecule has 50 heavy (non-hydrogen) atoms. The van der Waals surface area contributed by atoms with Crippen molar-refractivity contribution in [2.45, 2.75) is 0 Å². The fraction of sp³-hybridized carbons (Fsp3) is 0. The Kier molecular flexibility index (Phi) is 6.60. The minimum absolute atomic E-state index is 1.22. The Morgan fingerprint density at radius 2 is 0.640 bits per heavy atom. The van der Waals surface area contributed by atoms with Crippen molar-refractivity contribution in [3.8, 4) is 44.5 Å². The summed E-state index contributed by atoms with van der Waals surface area (Å²) >= 11 is 0. The first-order valence-electron chi connectivity index (χ1n) is 17.3. The van der Waals surface area contributed by atoms with Gasteiger partial charge in [-0.3, -0.25) is 0 Å². The lowest BCUT2D eigenvalue weighted by Gasteiger charge is -2.21. The zero-order chi connectivity index (χ0) is 33.0. The van der Waals surface area contributed by atoms with Gasteiger partial charge >= 0.3 is 0 Å². The van der Waals surface area contributed by atoms with Gasteiger partial charge in [-0.15, -0.1) is 0 Å². The van der Waals surface area contributed by atoms with Gasteiger partial charge in [0.15, 0.2) is 0 Å². The van der Waals surface area contributed by atoms with E-state index in [4.69, 9.17) is 0 Å². The standard InChI is InChI=1S/C50H32/c1-2-12-33(13-3-1)39-26-28-45-47(31-39)49(43-22-10-18-35-15-6-8-20-41(35)43)46-29-27-40(38-25-24-34-14-4-5-17-37(34)30-38)32-48(46)50(45)44-23-11-19-36-16-7-9-21-42(36)44/h1-32H. The molecule has 0 spiro atoms. The largest absolute Gasteiger partial charge is 0.0622 e. The van der Waals surface area contributed by atoms with E-state index >= 15 is 0 Å². The van der Waals surface area contributed by atoms with Crippen LogP contribution in [-0.2, 0) is 0 Å². The van der Waals surface area contributed by atoms with E-state index in [1.165, 1.54) is 98.4 Å². The first kappa shape index (κ1) is 28.5. The molecule has 0 atom stereocenters. The van der Waals surface area contributed by atoms with Gasteiger partial charge in [0, 0.05) is 0 Å². The monoisotopic (exact) mass is 632 g/mol. The van der Waals surface area contributed by atoms with Crippen LogP contribution in [0.4, 0.5) is 0 Å². The molecule has 0 N–H and O–H groups in total. The van der Waals surface area contributed by atoms with Crippen molar-refractivity contribution in [3.63, 3.8) is 0 Å². The third-order valence-electron chi connectivity index (χ3n) is 10.4. The normalized spacial score (nSPS) is 11.6. The Balaban J connectivity index is 1.38. The predicted octanol–water partition coefficient (Wildman–Crippen LogP) is 14.1. The van der Waals surface area contributed by atoms with Crippen molar-refractivity contribution in [2.24, 2.45) is 0 Å². The molecule has 0 heteroatoms. The Hall–Kier alpha value is -6.50. The van der Waals surface area contributed by atoms with Crippen molar-refractivity contribution in [1.82, 2.24) is 0 Å². The molecule has 0 aromatic heterocycles. The Morgan fingerprint density at radius 3 is 1.24 bits per heavy atom. The highest BCUT2D eigenvalue weighted by Gasteiger charge is 2.21. The van der Waals surface area contributed by atoms with E-state index in [2.05, 4.69) is 194 Å². The molecule has 0 aliphatic heterocycles. The molecule has 0 nitrogen and oxygen atoms in total. The molecule has 0 amide bonds. The Labute approximate surface area is 291 Å². The number of rotatable bonds is 4. The predicted molar refractivity (Wildman–Crippen MR) is 216 cm³/mol. The van der Waals surface area contributed by atoms with Crippen LogP contribution in [-0.4, -0.2) is 0 Å². The molecule has 10 aromatic carbocycles. The van der Waals surface area contributed by atoms with Crippen LogP contribution < -0.4 is 0 Å². The van der Waals surface area contributed by atoms with Crippen LogP contribution in [0.3, 0.4) is 0 Å². The van der Waals surface area contributed by atoms with Gasteiger partial charge < -0.3 is 0 Å². The van der Waals surface area contributed by atoms with Gasteiger partial charge in [0.05, 0.1) is 0 Å². The van der Waals surface area contributed by atoms with Crippen LogP contribution in [0.2, 0.25) is 0 Å². The second kappa shape index (κ2) is 11.6. The summed E-state index contributed by atoms with van der Waals surface area (Å²) in [6, 6.07) is 71.5. The molecule has 0 aliphatic rings. The van der Waals surface area contributed by atoms with E-state index in [9.17, 15) is 0 Å². The van der Waals surface area contributed by atoms with Gasteiger partial charge in [-0.2, -0.15) is 0 Å². The fourth-order valence-electron chi connectivity index (χ4n) is 8.05. The molecule has 0 saturated carbocycles. The molecule has 0 bridgehead atoms. The number of hydrogen-bond donors (Lipinski definition) is 0. The molecule has 10 aromatic rings. The number of fused-ring (bicyclic) bond motifs is 5. The van der Waals surface area contributed by atoms with Gasteiger partial charge in [-0.25, -0.2) is 0 Å². The molecular weight excluding hydrogens is 601 g/mol. The van der Waals surface area contributed by atoms with E-state index in [1.54, 1.807) is 0 Å². The first-order valence-corrected chi connectivity index (χ1v) is 17.3.